The summed E-state index contributed by atoms with van der Waals surface area (Å²) in [5.74, 6) is 0.846. The number of nitrogens with zero attached hydrogens (tertiary/aromatic N) is 1. The molecule has 1 amide bonds. The molecular formula is C12H24N2O. The van der Waals surface area contributed by atoms with Gasteiger partial charge >= 0.3 is 0 Å². The number of rotatable bonds is 4. The molecule has 1 rings (SSSR count). The van der Waals surface area contributed by atoms with E-state index in [1.807, 2.05) is 0 Å². The highest BCUT2D eigenvalue weighted by Gasteiger charge is 2.25. The molecule has 3 nitrogen and oxygen atoms in total. The lowest BCUT2D eigenvalue weighted by molar-refractivity contribution is -0.119. The predicted octanol–water partition coefficient (Wildman–Crippen LogP) is 1.63. The SMILES string of the molecule is CC(=O)NC[C@@H](C1CCCCC1)N(C)C. The molecule has 88 valence electrons. The second-order valence-electron chi connectivity index (χ2n) is 4.87. The van der Waals surface area contributed by atoms with E-state index in [1.54, 1.807) is 6.92 Å². The summed E-state index contributed by atoms with van der Waals surface area (Å²) in [6.45, 7) is 2.39. The minimum Gasteiger partial charge on any atom is -0.355 e. The fourth-order valence-corrected chi connectivity index (χ4v) is 2.54. The molecule has 15 heavy (non-hydrogen) atoms. The number of amides is 1. The van der Waals surface area contributed by atoms with Gasteiger partial charge in [-0.25, -0.2) is 0 Å². The van der Waals surface area contributed by atoms with Crippen molar-refractivity contribution in [2.45, 2.75) is 45.1 Å². The van der Waals surface area contributed by atoms with Gasteiger partial charge in [0.1, 0.15) is 0 Å². The normalized spacial score (nSPS) is 20.3. The maximum atomic E-state index is 10.9. The number of carbonyl (C=O) groups is 1. The van der Waals surface area contributed by atoms with Crippen LogP contribution < -0.4 is 5.32 Å². The van der Waals surface area contributed by atoms with E-state index >= 15 is 0 Å². The third kappa shape index (κ3) is 4.20. The van der Waals surface area contributed by atoms with Crippen LogP contribution in [0.5, 0.6) is 0 Å². The van der Waals surface area contributed by atoms with E-state index < -0.39 is 0 Å². The summed E-state index contributed by atoms with van der Waals surface area (Å²) in [7, 11) is 4.22. The Morgan fingerprint density at radius 1 is 1.33 bits per heavy atom. The van der Waals surface area contributed by atoms with Crippen LogP contribution in [0.1, 0.15) is 39.0 Å². The van der Waals surface area contributed by atoms with Crippen molar-refractivity contribution in [1.29, 1.82) is 0 Å². The summed E-state index contributed by atoms with van der Waals surface area (Å²) in [4.78, 5) is 13.2. The second kappa shape index (κ2) is 6.11. The average molecular weight is 212 g/mol. The Morgan fingerprint density at radius 2 is 1.93 bits per heavy atom. The van der Waals surface area contributed by atoms with E-state index in [9.17, 15) is 4.79 Å². The van der Waals surface area contributed by atoms with Crippen LogP contribution in [-0.2, 0) is 4.79 Å². The molecule has 1 aliphatic rings. The molecule has 1 atom stereocenters. The van der Waals surface area contributed by atoms with Crippen molar-refractivity contribution >= 4 is 5.91 Å². The van der Waals surface area contributed by atoms with Crippen molar-refractivity contribution in [2.75, 3.05) is 20.6 Å². The molecule has 0 spiro atoms. The average Bonchev–Trinajstić information content (AvgIpc) is 2.18. The smallest absolute Gasteiger partial charge is 0.216 e. The summed E-state index contributed by atoms with van der Waals surface area (Å²) in [5, 5.41) is 2.94. The Bertz CT molecular complexity index is 198. The van der Waals surface area contributed by atoms with Gasteiger partial charge in [0, 0.05) is 19.5 Å². The van der Waals surface area contributed by atoms with Crippen LogP contribution in [0.25, 0.3) is 0 Å². The van der Waals surface area contributed by atoms with Crippen LogP contribution in [0.2, 0.25) is 0 Å². The molecule has 1 aliphatic carbocycles. The zero-order valence-corrected chi connectivity index (χ0v) is 10.3. The summed E-state index contributed by atoms with van der Waals surface area (Å²) in [6, 6.07) is 0.509. The first kappa shape index (κ1) is 12.5. The van der Waals surface area contributed by atoms with Crippen molar-refractivity contribution in [3.63, 3.8) is 0 Å². The molecule has 1 fully saturated rings. The first-order chi connectivity index (χ1) is 7.11. The van der Waals surface area contributed by atoms with E-state index in [2.05, 4.69) is 24.3 Å². The number of hydrogen-bond acceptors (Lipinski definition) is 2. The first-order valence-corrected chi connectivity index (χ1v) is 6.02. The largest absolute Gasteiger partial charge is 0.355 e. The van der Waals surface area contributed by atoms with Gasteiger partial charge in [-0.3, -0.25) is 4.79 Å². The first-order valence-electron chi connectivity index (χ1n) is 6.02. The van der Waals surface area contributed by atoms with Crippen molar-refractivity contribution in [3.8, 4) is 0 Å². The van der Waals surface area contributed by atoms with Crippen molar-refractivity contribution in [2.24, 2.45) is 5.92 Å². The third-order valence-corrected chi connectivity index (χ3v) is 3.42. The van der Waals surface area contributed by atoms with Crippen LogP contribution in [0.3, 0.4) is 0 Å². The fourth-order valence-electron chi connectivity index (χ4n) is 2.54. The Morgan fingerprint density at radius 3 is 2.40 bits per heavy atom. The monoisotopic (exact) mass is 212 g/mol. The number of likely N-dealkylation sites (N-methyl/N-ethyl adjacent to an activating group) is 1. The van der Waals surface area contributed by atoms with Crippen LogP contribution in [0, 0.1) is 5.92 Å². The Labute approximate surface area is 93.2 Å². The molecule has 0 radical (unpaired) electrons. The van der Waals surface area contributed by atoms with Crippen LogP contribution in [-0.4, -0.2) is 37.5 Å². The third-order valence-electron chi connectivity index (χ3n) is 3.42. The zero-order valence-electron chi connectivity index (χ0n) is 10.3. The Balaban J connectivity index is 2.44. The fraction of sp³-hybridized carbons (Fsp3) is 0.917. The van der Waals surface area contributed by atoms with E-state index in [0.717, 1.165) is 12.5 Å². The van der Waals surface area contributed by atoms with Crippen molar-refractivity contribution in [1.82, 2.24) is 10.2 Å². The lowest BCUT2D eigenvalue weighted by Gasteiger charge is -2.34. The van der Waals surface area contributed by atoms with E-state index in [1.165, 1.54) is 32.1 Å². The molecule has 3 heteroatoms. The minimum absolute atomic E-state index is 0.0812. The topological polar surface area (TPSA) is 32.3 Å². The van der Waals surface area contributed by atoms with Crippen molar-refractivity contribution < 1.29 is 4.79 Å². The maximum absolute atomic E-state index is 10.9. The van der Waals surface area contributed by atoms with Gasteiger partial charge in [-0.1, -0.05) is 19.3 Å². The predicted molar refractivity (Wildman–Crippen MR) is 62.7 cm³/mol. The van der Waals surface area contributed by atoms with Crippen molar-refractivity contribution in [3.05, 3.63) is 0 Å². The van der Waals surface area contributed by atoms with Gasteiger partial charge in [0.25, 0.3) is 0 Å². The van der Waals surface area contributed by atoms with E-state index in [-0.39, 0.29) is 5.91 Å². The molecule has 0 unspecified atom stereocenters. The van der Waals surface area contributed by atoms with Crippen LogP contribution in [0.4, 0.5) is 0 Å². The Hall–Kier alpha value is -0.570. The summed E-state index contributed by atoms with van der Waals surface area (Å²) in [6.07, 6.45) is 6.74. The molecule has 1 N–H and O–H groups in total. The quantitative estimate of drug-likeness (QED) is 0.768. The van der Waals surface area contributed by atoms with Gasteiger partial charge in [0.2, 0.25) is 5.91 Å². The standard InChI is InChI=1S/C12H24N2O/c1-10(15)13-9-12(14(2)3)11-7-5-4-6-8-11/h11-12H,4-9H2,1-3H3,(H,13,15)/t12-/m0/s1. The Kier molecular flexibility index (Phi) is 5.09. The molecule has 0 heterocycles. The van der Waals surface area contributed by atoms with Gasteiger partial charge < -0.3 is 10.2 Å². The number of nitrogens with one attached hydrogen (secondary N) is 1. The molecule has 0 aromatic heterocycles. The highest BCUT2D eigenvalue weighted by Crippen LogP contribution is 2.27. The van der Waals surface area contributed by atoms with E-state index in [0.29, 0.717) is 6.04 Å². The van der Waals surface area contributed by atoms with Gasteiger partial charge in [-0.15, -0.1) is 0 Å². The molecule has 0 aromatic rings. The van der Waals surface area contributed by atoms with Gasteiger partial charge in [0.15, 0.2) is 0 Å². The summed E-state index contributed by atoms with van der Waals surface area (Å²) in [5.41, 5.74) is 0. The summed E-state index contributed by atoms with van der Waals surface area (Å²) >= 11 is 0. The molecular weight excluding hydrogens is 188 g/mol. The van der Waals surface area contributed by atoms with Gasteiger partial charge in [0.05, 0.1) is 0 Å². The second-order valence-corrected chi connectivity index (χ2v) is 4.87. The number of carbonyl (C=O) groups excluding carboxylic acids is 1. The van der Waals surface area contributed by atoms with E-state index in [4.69, 9.17) is 0 Å². The highest BCUT2D eigenvalue weighted by atomic mass is 16.1. The van der Waals surface area contributed by atoms with Gasteiger partial charge in [-0.05, 0) is 32.9 Å². The molecule has 0 aromatic carbocycles. The van der Waals surface area contributed by atoms with Gasteiger partial charge in [-0.2, -0.15) is 0 Å². The molecule has 0 aliphatic heterocycles. The lowest BCUT2D eigenvalue weighted by atomic mass is 9.83. The highest BCUT2D eigenvalue weighted by molar-refractivity contribution is 5.72. The maximum Gasteiger partial charge on any atom is 0.216 e. The minimum atomic E-state index is 0.0812. The lowest BCUT2D eigenvalue weighted by Crippen LogP contribution is -2.45. The molecule has 0 saturated heterocycles. The van der Waals surface area contributed by atoms with Crippen LogP contribution in [0.15, 0.2) is 0 Å². The molecule has 1 saturated carbocycles. The van der Waals surface area contributed by atoms with Crippen LogP contribution >= 0.6 is 0 Å². The number of hydrogen-bond donors (Lipinski definition) is 1. The molecule has 0 bridgehead atoms. The summed E-state index contributed by atoms with van der Waals surface area (Å²) < 4.78 is 0. The zero-order chi connectivity index (χ0) is 11.3.